The van der Waals surface area contributed by atoms with E-state index in [-0.39, 0.29) is 24.3 Å². The Morgan fingerprint density at radius 2 is 2.17 bits per heavy atom. The standard InChI is InChI=1S/C17H17N3O3S/c1-3-13-7-14-16(24-13)19-10-20(17(14)22)9-12(21)6-11-4-5-15(23-2)18-8-11/h4-5,7-8,10H,3,6,9H2,1-2H3. The highest BCUT2D eigenvalue weighted by atomic mass is 32.1. The maximum absolute atomic E-state index is 12.5. The van der Waals surface area contributed by atoms with E-state index in [2.05, 4.69) is 9.97 Å². The largest absolute Gasteiger partial charge is 0.481 e. The number of hydrogen-bond acceptors (Lipinski definition) is 6. The molecule has 0 radical (unpaired) electrons. The maximum Gasteiger partial charge on any atom is 0.262 e. The van der Waals surface area contributed by atoms with Crippen LogP contribution in [0.1, 0.15) is 17.4 Å². The number of Topliss-reactive ketones (excluding diaryl/α,β-unsaturated/α-hetero) is 1. The molecule has 7 heteroatoms. The molecular weight excluding hydrogens is 326 g/mol. The van der Waals surface area contributed by atoms with Gasteiger partial charge in [-0.2, -0.15) is 0 Å². The zero-order valence-corrected chi connectivity index (χ0v) is 14.3. The molecule has 24 heavy (non-hydrogen) atoms. The van der Waals surface area contributed by atoms with Gasteiger partial charge in [-0.1, -0.05) is 13.0 Å². The van der Waals surface area contributed by atoms with E-state index in [1.54, 1.807) is 18.3 Å². The third-order valence-corrected chi connectivity index (χ3v) is 4.86. The summed E-state index contributed by atoms with van der Waals surface area (Å²) in [6, 6.07) is 5.37. The topological polar surface area (TPSA) is 74.1 Å². The van der Waals surface area contributed by atoms with Crippen molar-refractivity contribution in [2.45, 2.75) is 26.3 Å². The van der Waals surface area contributed by atoms with Crippen LogP contribution in [-0.4, -0.2) is 27.4 Å². The zero-order chi connectivity index (χ0) is 17.1. The van der Waals surface area contributed by atoms with E-state index < -0.39 is 0 Å². The fourth-order valence-electron chi connectivity index (χ4n) is 2.41. The molecule has 0 aromatic carbocycles. The molecule has 3 aromatic rings. The van der Waals surface area contributed by atoms with Crippen molar-refractivity contribution in [1.29, 1.82) is 0 Å². The first kappa shape index (κ1) is 16.3. The van der Waals surface area contributed by atoms with Gasteiger partial charge >= 0.3 is 0 Å². The highest BCUT2D eigenvalue weighted by Gasteiger charge is 2.11. The first-order valence-corrected chi connectivity index (χ1v) is 8.41. The van der Waals surface area contributed by atoms with Crippen molar-refractivity contribution in [3.63, 3.8) is 0 Å². The SMILES string of the molecule is CCc1cc2c(=O)n(CC(=O)Cc3ccc(OC)nc3)cnc2s1. The highest BCUT2D eigenvalue weighted by Crippen LogP contribution is 2.21. The molecule has 0 aliphatic heterocycles. The highest BCUT2D eigenvalue weighted by molar-refractivity contribution is 7.18. The smallest absolute Gasteiger partial charge is 0.262 e. The van der Waals surface area contributed by atoms with E-state index in [1.807, 2.05) is 13.0 Å². The van der Waals surface area contributed by atoms with Gasteiger partial charge < -0.3 is 4.74 Å². The Balaban J connectivity index is 1.77. The first-order valence-electron chi connectivity index (χ1n) is 7.59. The zero-order valence-electron chi connectivity index (χ0n) is 13.5. The molecule has 3 aromatic heterocycles. The molecule has 0 aliphatic rings. The van der Waals surface area contributed by atoms with E-state index in [9.17, 15) is 9.59 Å². The van der Waals surface area contributed by atoms with Gasteiger partial charge in [0.05, 0.1) is 25.4 Å². The van der Waals surface area contributed by atoms with Crippen molar-refractivity contribution in [3.05, 3.63) is 51.5 Å². The first-order chi connectivity index (χ1) is 11.6. The quantitative estimate of drug-likeness (QED) is 0.686. The summed E-state index contributed by atoms with van der Waals surface area (Å²) in [5, 5.41) is 0.582. The van der Waals surface area contributed by atoms with E-state index in [0.29, 0.717) is 11.3 Å². The molecule has 3 rings (SSSR count). The molecule has 0 saturated carbocycles. The average Bonchev–Trinajstić information content (AvgIpc) is 3.02. The molecule has 0 aliphatic carbocycles. The van der Waals surface area contributed by atoms with Gasteiger partial charge in [-0.15, -0.1) is 11.3 Å². The number of methoxy groups -OCH3 is 1. The van der Waals surface area contributed by atoms with Gasteiger partial charge in [-0.3, -0.25) is 14.2 Å². The average molecular weight is 343 g/mol. The number of ether oxygens (including phenoxy) is 1. The molecule has 3 heterocycles. The van der Waals surface area contributed by atoms with E-state index in [1.165, 1.54) is 29.3 Å². The molecule has 0 bridgehead atoms. The Morgan fingerprint density at radius 1 is 1.33 bits per heavy atom. The fourth-order valence-corrected chi connectivity index (χ4v) is 3.33. The number of nitrogens with zero attached hydrogens (tertiary/aromatic N) is 3. The summed E-state index contributed by atoms with van der Waals surface area (Å²) >= 11 is 1.52. The predicted molar refractivity (Wildman–Crippen MR) is 92.8 cm³/mol. The molecule has 0 saturated heterocycles. The maximum atomic E-state index is 12.5. The second-order valence-corrected chi connectivity index (χ2v) is 6.50. The predicted octanol–water partition coefficient (Wildman–Crippen LogP) is 2.24. The van der Waals surface area contributed by atoms with Crippen LogP contribution in [0.25, 0.3) is 10.2 Å². The monoisotopic (exact) mass is 343 g/mol. The summed E-state index contributed by atoms with van der Waals surface area (Å²) in [5.41, 5.74) is 0.615. The molecule has 0 unspecified atom stereocenters. The summed E-state index contributed by atoms with van der Waals surface area (Å²) in [5.74, 6) is 0.428. The minimum absolute atomic E-state index is 0.00507. The third kappa shape index (κ3) is 3.35. The number of hydrogen-bond donors (Lipinski definition) is 0. The molecule has 0 amide bonds. The van der Waals surface area contributed by atoms with Crippen molar-refractivity contribution >= 4 is 27.3 Å². The molecule has 0 atom stereocenters. The van der Waals surface area contributed by atoms with Crippen LogP contribution < -0.4 is 10.3 Å². The number of carbonyl (C=O) groups is 1. The number of rotatable bonds is 6. The van der Waals surface area contributed by atoms with E-state index in [4.69, 9.17) is 4.74 Å². The van der Waals surface area contributed by atoms with Crippen molar-refractivity contribution in [3.8, 4) is 5.88 Å². The van der Waals surface area contributed by atoms with E-state index >= 15 is 0 Å². The van der Waals surface area contributed by atoms with E-state index in [0.717, 1.165) is 21.7 Å². The van der Waals surface area contributed by atoms with Crippen LogP contribution >= 0.6 is 11.3 Å². The number of pyridine rings is 1. The number of thiophene rings is 1. The van der Waals surface area contributed by atoms with Gasteiger partial charge in [0.1, 0.15) is 4.83 Å². The molecular formula is C17H17N3O3S. The molecule has 0 N–H and O–H groups in total. The van der Waals surface area contributed by atoms with Crippen LogP contribution in [0.15, 0.2) is 35.5 Å². The number of aryl methyl sites for hydroxylation is 1. The number of aromatic nitrogens is 3. The summed E-state index contributed by atoms with van der Waals surface area (Å²) in [6.45, 7) is 2.04. The fraction of sp³-hybridized carbons (Fsp3) is 0.294. The van der Waals surface area contributed by atoms with Gasteiger partial charge in [0, 0.05) is 23.6 Å². The second kappa shape index (κ2) is 6.92. The van der Waals surface area contributed by atoms with Crippen LogP contribution in [0.2, 0.25) is 0 Å². The number of ketones is 1. The van der Waals surface area contributed by atoms with Gasteiger partial charge in [0.15, 0.2) is 5.78 Å². The summed E-state index contributed by atoms with van der Waals surface area (Å²) in [6.07, 6.45) is 4.13. The summed E-state index contributed by atoms with van der Waals surface area (Å²) in [7, 11) is 1.54. The lowest BCUT2D eigenvalue weighted by atomic mass is 10.1. The van der Waals surface area contributed by atoms with Crippen LogP contribution in [0, 0.1) is 0 Å². The Bertz CT molecular complexity index is 928. The normalized spacial score (nSPS) is 10.9. The Kier molecular flexibility index (Phi) is 4.71. The van der Waals surface area contributed by atoms with Gasteiger partial charge in [-0.05, 0) is 18.1 Å². The van der Waals surface area contributed by atoms with Gasteiger partial charge in [0.25, 0.3) is 5.56 Å². The van der Waals surface area contributed by atoms with Gasteiger partial charge in [0.2, 0.25) is 5.88 Å². The van der Waals surface area contributed by atoms with Crippen molar-refractivity contribution < 1.29 is 9.53 Å². The van der Waals surface area contributed by atoms with Gasteiger partial charge in [-0.25, -0.2) is 9.97 Å². The Hall–Kier alpha value is -2.54. The van der Waals surface area contributed by atoms with Crippen LogP contribution in [0.5, 0.6) is 5.88 Å². The lowest BCUT2D eigenvalue weighted by molar-refractivity contribution is -0.119. The molecule has 0 fully saturated rings. The van der Waals surface area contributed by atoms with Crippen molar-refractivity contribution in [2.24, 2.45) is 0 Å². The Morgan fingerprint density at radius 3 is 2.83 bits per heavy atom. The molecule has 0 spiro atoms. The molecule has 6 nitrogen and oxygen atoms in total. The minimum Gasteiger partial charge on any atom is -0.481 e. The van der Waals surface area contributed by atoms with Crippen LogP contribution in [-0.2, 0) is 24.2 Å². The summed E-state index contributed by atoms with van der Waals surface area (Å²) < 4.78 is 6.36. The van der Waals surface area contributed by atoms with Crippen LogP contribution in [0.3, 0.4) is 0 Å². The number of fused-ring (bicyclic) bond motifs is 1. The van der Waals surface area contributed by atoms with Crippen LogP contribution in [0.4, 0.5) is 0 Å². The second-order valence-electron chi connectivity index (χ2n) is 5.39. The Labute approximate surface area is 142 Å². The molecule has 124 valence electrons. The minimum atomic E-state index is -0.169. The lowest BCUT2D eigenvalue weighted by Crippen LogP contribution is -2.25. The van der Waals surface area contributed by atoms with Crippen molar-refractivity contribution in [2.75, 3.05) is 7.11 Å². The summed E-state index contributed by atoms with van der Waals surface area (Å²) in [4.78, 5) is 34.9. The lowest BCUT2D eigenvalue weighted by Gasteiger charge is -2.05. The van der Waals surface area contributed by atoms with Crippen molar-refractivity contribution in [1.82, 2.24) is 14.5 Å². The number of carbonyl (C=O) groups excluding carboxylic acids is 1. The third-order valence-electron chi connectivity index (χ3n) is 3.67.